The quantitative estimate of drug-likeness (QED) is 0.292. The molecule has 0 bridgehead atoms. The molecule has 4 rings (SSSR count). The highest BCUT2D eigenvalue weighted by Crippen LogP contribution is 2.30. The summed E-state index contributed by atoms with van der Waals surface area (Å²) in [4.78, 5) is 41.4. The van der Waals surface area contributed by atoms with Gasteiger partial charge in [0.05, 0.1) is 29.7 Å². The zero-order valence-electron chi connectivity index (χ0n) is 27.6. The van der Waals surface area contributed by atoms with Gasteiger partial charge in [-0.05, 0) is 75.8 Å². The van der Waals surface area contributed by atoms with Gasteiger partial charge in [-0.25, -0.2) is 13.2 Å². The van der Waals surface area contributed by atoms with E-state index < -0.39 is 50.0 Å². The molecule has 3 amide bonds. The molecule has 258 valence electrons. The summed E-state index contributed by atoms with van der Waals surface area (Å²) in [6.07, 6.45) is 4.10. The van der Waals surface area contributed by atoms with Crippen molar-refractivity contribution in [2.75, 3.05) is 31.7 Å². The predicted octanol–water partition coefficient (Wildman–Crippen LogP) is 4.53. The van der Waals surface area contributed by atoms with E-state index in [4.69, 9.17) is 9.47 Å². The van der Waals surface area contributed by atoms with Crippen LogP contribution >= 0.6 is 11.8 Å². The van der Waals surface area contributed by atoms with Crippen molar-refractivity contribution in [2.45, 2.75) is 81.6 Å². The fourth-order valence-electron chi connectivity index (χ4n) is 6.01. The van der Waals surface area contributed by atoms with E-state index in [2.05, 4.69) is 10.6 Å². The highest BCUT2D eigenvalue weighted by Gasteiger charge is 2.41. The molecule has 2 fully saturated rings. The molecule has 2 aromatic carbocycles. The topological polar surface area (TPSA) is 151 Å². The standard InChI is InChI=1S/C34H47N3O8S2/c1-34(2,3)45-33(41)37-18-19-46-32(37)31(40)36-27(21-35-30(39)26-12-8-9-13-28(26)38)29(20-23-14-16-25(44-4)17-15-23)47(42,43)22-24-10-6-5-7-11-24/h8-9,12-17,24,27,29,32,38H,5-7,10-11,18-22H2,1-4H3,(H,35,39)(H,36,40)/t27?,29?,32-/m1/s1. The Morgan fingerprint density at radius 2 is 1.72 bits per heavy atom. The van der Waals surface area contributed by atoms with E-state index in [-0.39, 0.29) is 35.9 Å². The first-order chi connectivity index (χ1) is 22.3. The van der Waals surface area contributed by atoms with Gasteiger partial charge in [0.2, 0.25) is 0 Å². The third-order valence-electron chi connectivity index (χ3n) is 8.40. The third kappa shape index (κ3) is 10.3. The third-order valence-corrected chi connectivity index (χ3v) is 12.0. The first-order valence-electron chi connectivity index (χ1n) is 16.1. The minimum absolute atomic E-state index is 0.00683. The Kier molecular flexibility index (Phi) is 12.5. The summed E-state index contributed by atoms with van der Waals surface area (Å²) in [6, 6.07) is 12.1. The number of thioether (sulfide) groups is 1. The number of phenols is 1. The van der Waals surface area contributed by atoms with Gasteiger partial charge in [0.25, 0.3) is 11.8 Å². The number of hydrogen-bond acceptors (Lipinski definition) is 9. The van der Waals surface area contributed by atoms with E-state index in [1.165, 1.54) is 28.8 Å². The number of methoxy groups -OCH3 is 1. The molecule has 2 unspecified atom stereocenters. The Morgan fingerprint density at radius 1 is 1.04 bits per heavy atom. The van der Waals surface area contributed by atoms with Crippen LogP contribution in [0, 0.1) is 5.92 Å². The van der Waals surface area contributed by atoms with Crippen molar-refractivity contribution in [1.82, 2.24) is 15.5 Å². The molecule has 1 saturated heterocycles. The van der Waals surface area contributed by atoms with Crippen molar-refractivity contribution in [3.8, 4) is 11.5 Å². The predicted molar refractivity (Wildman–Crippen MR) is 182 cm³/mol. The Morgan fingerprint density at radius 3 is 2.36 bits per heavy atom. The van der Waals surface area contributed by atoms with E-state index >= 15 is 0 Å². The van der Waals surface area contributed by atoms with Gasteiger partial charge in [-0.2, -0.15) is 0 Å². The summed E-state index contributed by atoms with van der Waals surface area (Å²) < 4.78 is 39.5. The lowest BCUT2D eigenvalue weighted by atomic mass is 9.91. The number of nitrogens with zero attached hydrogens (tertiary/aromatic N) is 1. The summed E-state index contributed by atoms with van der Waals surface area (Å²) in [5.74, 6) is -0.283. The highest BCUT2D eigenvalue weighted by molar-refractivity contribution is 8.00. The van der Waals surface area contributed by atoms with Crippen LogP contribution in [0.25, 0.3) is 0 Å². The van der Waals surface area contributed by atoms with E-state index in [1.807, 2.05) is 0 Å². The Bertz CT molecular complexity index is 1490. The van der Waals surface area contributed by atoms with Crippen LogP contribution in [-0.2, 0) is 25.8 Å². The zero-order chi connectivity index (χ0) is 34.2. The van der Waals surface area contributed by atoms with Crippen molar-refractivity contribution in [3.05, 3.63) is 59.7 Å². The molecule has 0 aromatic heterocycles. The smallest absolute Gasteiger partial charge is 0.411 e. The number of ether oxygens (including phenoxy) is 2. The number of carbonyl (C=O) groups excluding carboxylic acids is 3. The number of aromatic hydroxyl groups is 1. The van der Waals surface area contributed by atoms with Gasteiger partial charge in [0.1, 0.15) is 17.1 Å². The van der Waals surface area contributed by atoms with Crippen LogP contribution in [0.1, 0.15) is 68.8 Å². The number of sulfone groups is 1. The maximum Gasteiger partial charge on any atom is 0.411 e. The Labute approximate surface area is 282 Å². The molecule has 2 aromatic rings. The lowest BCUT2D eigenvalue weighted by Crippen LogP contribution is -2.57. The maximum atomic E-state index is 14.4. The minimum atomic E-state index is -3.84. The first-order valence-corrected chi connectivity index (χ1v) is 18.9. The van der Waals surface area contributed by atoms with Crippen molar-refractivity contribution < 1.29 is 37.4 Å². The SMILES string of the molecule is COc1ccc(CC(C(CNC(=O)c2ccccc2O)NC(=O)[C@H]2SCCN2C(=O)OC(C)(C)C)S(=O)(=O)CC2CCCCC2)cc1. The summed E-state index contributed by atoms with van der Waals surface area (Å²) in [5.41, 5.74) is -0.0191. The van der Waals surface area contributed by atoms with Crippen LogP contribution in [-0.4, -0.2) is 90.3 Å². The summed E-state index contributed by atoms with van der Waals surface area (Å²) >= 11 is 1.26. The lowest BCUT2D eigenvalue weighted by molar-refractivity contribution is -0.123. The minimum Gasteiger partial charge on any atom is -0.507 e. The van der Waals surface area contributed by atoms with Gasteiger partial charge in [-0.3, -0.25) is 14.5 Å². The monoisotopic (exact) mass is 689 g/mol. The van der Waals surface area contributed by atoms with E-state index in [1.54, 1.807) is 64.3 Å². The number of para-hydroxylation sites is 1. The molecule has 1 heterocycles. The molecule has 0 spiro atoms. The van der Waals surface area contributed by atoms with Crippen LogP contribution < -0.4 is 15.4 Å². The van der Waals surface area contributed by atoms with Crippen molar-refractivity contribution >= 4 is 39.5 Å². The molecule has 11 nitrogen and oxygen atoms in total. The summed E-state index contributed by atoms with van der Waals surface area (Å²) in [7, 11) is -2.29. The fraction of sp³-hybridized carbons (Fsp3) is 0.559. The number of nitrogens with one attached hydrogen (secondary N) is 2. The average Bonchev–Trinajstić information content (AvgIpc) is 3.52. The average molecular weight is 690 g/mol. The summed E-state index contributed by atoms with van der Waals surface area (Å²) in [6.45, 7) is 5.29. The number of phenolic OH excluding ortho intramolecular Hbond substituents is 1. The Balaban J connectivity index is 1.66. The van der Waals surface area contributed by atoms with Crippen LogP contribution in [0.15, 0.2) is 48.5 Å². The molecular formula is C34H47N3O8S2. The molecule has 3 atom stereocenters. The molecule has 1 saturated carbocycles. The van der Waals surface area contributed by atoms with Gasteiger partial charge >= 0.3 is 6.09 Å². The Hall–Kier alpha value is -3.45. The summed E-state index contributed by atoms with van der Waals surface area (Å²) in [5, 5.41) is 13.9. The molecule has 1 aliphatic heterocycles. The number of benzene rings is 2. The molecule has 13 heteroatoms. The largest absolute Gasteiger partial charge is 0.507 e. The molecule has 0 radical (unpaired) electrons. The van der Waals surface area contributed by atoms with E-state index in [0.717, 1.165) is 37.7 Å². The second kappa shape index (κ2) is 16.1. The van der Waals surface area contributed by atoms with Gasteiger partial charge in [-0.1, -0.05) is 43.5 Å². The van der Waals surface area contributed by atoms with E-state index in [9.17, 15) is 27.9 Å². The molecule has 47 heavy (non-hydrogen) atoms. The molecule has 2 aliphatic rings. The maximum absolute atomic E-state index is 14.4. The lowest BCUT2D eigenvalue weighted by Gasteiger charge is -2.32. The second-order valence-electron chi connectivity index (χ2n) is 13.2. The fourth-order valence-corrected chi connectivity index (χ4v) is 9.47. The van der Waals surface area contributed by atoms with Crippen LogP contribution in [0.4, 0.5) is 4.79 Å². The van der Waals surface area contributed by atoms with Crippen LogP contribution in [0.2, 0.25) is 0 Å². The molecular weight excluding hydrogens is 643 g/mol. The van der Waals surface area contributed by atoms with E-state index in [0.29, 0.717) is 18.0 Å². The number of carbonyl (C=O) groups is 3. The normalized spacial score (nSPS) is 18.6. The second-order valence-corrected chi connectivity index (χ2v) is 16.6. The van der Waals surface area contributed by atoms with Crippen LogP contribution in [0.3, 0.4) is 0 Å². The number of hydrogen-bond donors (Lipinski definition) is 3. The molecule has 1 aliphatic carbocycles. The number of amides is 3. The van der Waals surface area contributed by atoms with Crippen molar-refractivity contribution in [3.63, 3.8) is 0 Å². The van der Waals surface area contributed by atoms with Gasteiger partial charge in [-0.15, -0.1) is 11.8 Å². The van der Waals surface area contributed by atoms with Crippen molar-refractivity contribution in [2.24, 2.45) is 5.92 Å². The highest BCUT2D eigenvalue weighted by atomic mass is 32.2. The van der Waals surface area contributed by atoms with Crippen molar-refractivity contribution in [1.29, 1.82) is 0 Å². The van der Waals surface area contributed by atoms with Gasteiger partial charge in [0.15, 0.2) is 15.2 Å². The zero-order valence-corrected chi connectivity index (χ0v) is 29.2. The number of rotatable bonds is 12. The first kappa shape index (κ1) is 36.4. The molecule has 3 N–H and O–H groups in total. The van der Waals surface area contributed by atoms with Crippen LogP contribution in [0.5, 0.6) is 11.5 Å². The van der Waals surface area contributed by atoms with Gasteiger partial charge in [0, 0.05) is 18.8 Å². The van der Waals surface area contributed by atoms with Gasteiger partial charge < -0.3 is 25.2 Å².